The van der Waals surface area contributed by atoms with Crippen molar-refractivity contribution in [1.82, 2.24) is 4.90 Å². The highest BCUT2D eigenvalue weighted by molar-refractivity contribution is 7.91. The lowest BCUT2D eigenvalue weighted by atomic mass is 10.2. The molecule has 0 aromatic heterocycles. The van der Waals surface area contributed by atoms with Crippen LogP contribution in [0.5, 0.6) is 0 Å². The maximum absolute atomic E-state index is 12.5. The van der Waals surface area contributed by atoms with Gasteiger partial charge in [-0.2, -0.15) is 0 Å². The molecule has 0 radical (unpaired) electrons. The minimum atomic E-state index is -3.08. The van der Waals surface area contributed by atoms with Crippen LogP contribution >= 0.6 is 23.2 Å². The van der Waals surface area contributed by atoms with Gasteiger partial charge in [-0.15, -0.1) is 0 Å². The predicted molar refractivity (Wildman–Crippen MR) is 96.1 cm³/mol. The standard InChI is InChI=1S/C16H19Cl2NO4S/c1-23-8-7-19(14-6-9-24(21,22)11-14)16(20)5-2-12-10-13(17)3-4-15(12)18/h2-5,10,14H,6-9,11H2,1H3/b5-2+. The van der Waals surface area contributed by atoms with Crippen LogP contribution < -0.4 is 0 Å². The van der Waals surface area contributed by atoms with Crippen LogP contribution in [0.15, 0.2) is 24.3 Å². The van der Waals surface area contributed by atoms with Crippen LogP contribution in [0.3, 0.4) is 0 Å². The van der Waals surface area contributed by atoms with Gasteiger partial charge in [-0.1, -0.05) is 23.2 Å². The summed E-state index contributed by atoms with van der Waals surface area (Å²) in [4.78, 5) is 14.1. The van der Waals surface area contributed by atoms with Gasteiger partial charge in [0.05, 0.1) is 18.1 Å². The first-order valence-corrected chi connectivity index (χ1v) is 10.0. The van der Waals surface area contributed by atoms with Crippen LogP contribution in [-0.2, 0) is 19.4 Å². The average molecular weight is 392 g/mol. The normalized spacial score (nSPS) is 19.7. The van der Waals surface area contributed by atoms with Crippen molar-refractivity contribution >= 4 is 45.0 Å². The van der Waals surface area contributed by atoms with Gasteiger partial charge in [0.15, 0.2) is 9.84 Å². The van der Waals surface area contributed by atoms with Gasteiger partial charge < -0.3 is 9.64 Å². The number of carbonyl (C=O) groups is 1. The Bertz CT molecular complexity index is 734. The van der Waals surface area contributed by atoms with Crippen molar-refractivity contribution in [2.24, 2.45) is 0 Å². The van der Waals surface area contributed by atoms with E-state index in [0.717, 1.165) is 0 Å². The van der Waals surface area contributed by atoms with Gasteiger partial charge in [0.1, 0.15) is 0 Å². The third kappa shape index (κ3) is 5.21. The van der Waals surface area contributed by atoms with E-state index in [1.807, 2.05) is 0 Å². The minimum Gasteiger partial charge on any atom is -0.383 e. The number of hydrogen-bond donors (Lipinski definition) is 0. The maximum Gasteiger partial charge on any atom is 0.246 e. The summed E-state index contributed by atoms with van der Waals surface area (Å²) in [6, 6.07) is 4.65. The van der Waals surface area contributed by atoms with Crippen molar-refractivity contribution in [2.75, 3.05) is 31.8 Å². The highest BCUT2D eigenvalue weighted by atomic mass is 35.5. The molecule has 1 fully saturated rings. The van der Waals surface area contributed by atoms with E-state index >= 15 is 0 Å². The number of nitrogens with zero attached hydrogens (tertiary/aromatic N) is 1. The monoisotopic (exact) mass is 391 g/mol. The van der Waals surface area contributed by atoms with Crippen LogP contribution in [0.1, 0.15) is 12.0 Å². The van der Waals surface area contributed by atoms with E-state index in [1.165, 1.54) is 13.2 Å². The van der Waals surface area contributed by atoms with E-state index in [1.54, 1.807) is 29.2 Å². The fourth-order valence-corrected chi connectivity index (χ4v) is 4.67. The molecule has 8 heteroatoms. The molecule has 1 aliphatic rings. The summed E-state index contributed by atoms with van der Waals surface area (Å²) in [5, 5.41) is 1.000. The van der Waals surface area contributed by atoms with Crippen LogP contribution in [0.4, 0.5) is 0 Å². The molecule has 0 N–H and O–H groups in total. The Morgan fingerprint density at radius 2 is 2.17 bits per heavy atom. The Morgan fingerprint density at radius 1 is 1.42 bits per heavy atom. The summed E-state index contributed by atoms with van der Waals surface area (Å²) < 4.78 is 28.4. The largest absolute Gasteiger partial charge is 0.383 e. The number of halogens is 2. The fourth-order valence-electron chi connectivity index (χ4n) is 2.58. The van der Waals surface area contributed by atoms with Crippen molar-refractivity contribution in [2.45, 2.75) is 12.5 Å². The molecule has 1 amide bonds. The van der Waals surface area contributed by atoms with E-state index in [0.29, 0.717) is 35.2 Å². The predicted octanol–water partition coefficient (Wildman–Crippen LogP) is 2.67. The molecule has 132 valence electrons. The molecule has 0 saturated carbocycles. The highest BCUT2D eigenvalue weighted by Gasteiger charge is 2.33. The lowest BCUT2D eigenvalue weighted by molar-refractivity contribution is -0.128. The van der Waals surface area contributed by atoms with Gasteiger partial charge in [0.2, 0.25) is 5.91 Å². The summed E-state index contributed by atoms with van der Waals surface area (Å²) in [5.74, 6) is -0.169. The van der Waals surface area contributed by atoms with E-state index in [4.69, 9.17) is 27.9 Å². The molecule has 5 nitrogen and oxygen atoms in total. The molecule has 2 rings (SSSR count). The van der Waals surface area contributed by atoms with Gasteiger partial charge in [-0.25, -0.2) is 8.42 Å². The number of amides is 1. The van der Waals surface area contributed by atoms with Gasteiger partial charge >= 0.3 is 0 Å². The SMILES string of the molecule is COCCN(C(=O)/C=C/c1cc(Cl)ccc1Cl)C1CCS(=O)(=O)C1. The van der Waals surface area contributed by atoms with Gasteiger partial charge in [-0.05, 0) is 36.3 Å². The Morgan fingerprint density at radius 3 is 2.79 bits per heavy atom. The third-order valence-corrected chi connectivity index (χ3v) is 6.16. The number of rotatable bonds is 6. The first-order valence-electron chi connectivity index (χ1n) is 7.45. The summed E-state index contributed by atoms with van der Waals surface area (Å²) in [7, 11) is -1.54. The van der Waals surface area contributed by atoms with Crippen molar-refractivity contribution < 1.29 is 17.9 Å². The fraction of sp³-hybridized carbons (Fsp3) is 0.438. The summed E-state index contributed by atoms with van der Waals surface area (Å²) in [6.07, 6.45) is 3.42. The molecule has 0 bridgehead atoms. The zero-order valence-electron chi connectivity index (χ0n) is 13.2. The Balaban J connectivity index is 2.15. The Kier molecular flexibility index (Phi) is 6.69. The highest BCUT2D eigenvalue weighted by Crippen LogP contribution is 2.22. The topological polar surface area (TPSA) is 63.7 Å². The number of ether oxygens (including phenoxy) is 1. The van der Waals surface area contributed by atoms with Gasteiger partial charge in [0.25, 0.3) is 0 Å². The van der Waals surface area contributed by atoms with Crippen molar-refractivity contribution in [3.05, 3.63) is 39.9 Å². The summed E-state index contributed by atoms with van der Waals surface area (Å²) in [6.45, 7) is 0.678. The lowest BCUT2D eigenvalue weighted by Crippen LogP contribution is -2.42. The molecule has 24 heavy (non-hydrogen) atoms. The number of benzene rings is 1. The second kappa shape index (κ2) is 8.34. The lowest BCUT2D eigenvalue weighted by Gasteiger charge is -2.26. The smallest absolute Gasteiger partial charge is 0.246 e. The molecule has 0 aliphatic carbocycles. The van der Waals surface area contributed by atoms with E-state index in [2.05, 4.69) is 0 Å². The Hall–Kier alpha value is -1.08. The Labute approximate surface area is 152 Å². The molecule has 1 unspecified atom stereocenters. The second-order valence-electron chi connectivity index (χ2n) is 5.58. The number of sulfone groups is 1. The van der Waals surface area contributed by atoms with Crippen molar-refractivity contribution in [1.29, 1.82) is 0 Å². The molecular weight excluding hydrogens is 373 g/mol. The summed E-state index contributed by atoms with van der Waals surface area (Å²) in [5.41, 5.74) is 0.628. The first-order chi connectivity index (χ1) is 11.3. The molecule has 1 saturated heterocycles. The first kappa shape index (κ1) is 19.2. The second-order valence-corrected chi connectivity index (χ2v) is 8.65. The number of carbonyl (C=O) groups excluding carboxylic acids is 1. The molecule has 1 aromatic carbocycles. The van der Waals surface area contributed by atoms with Gasteiger partial charge in [0, 0.05) is 35.8 Å². The molecule has 0 spiro atoms. The maximum atomic E-state index is 12.5. The van der Waals surface area contributed by atoms with E-state index < -0.39 is 9.84 Å². The van der Waals surface area contributed by atoms with Crippen LogP contribution in [0.25, 0.3) is 6.08 Å². The van der Waals surface area contributed by atoms with Crippen LogP contribution in [0, 0.1) is 0 Å². The zero-order valence-corrected chi connectivity index (χ0v) is 15.6. The van der Waals surface area contributed by atoms with Crippen LogP contribution in [0.2, 0.25) is 10.0 Å². The zero-order chi connectivity index (χ0) is 17.7. The molecule has 1 aromatic rings. The molecular formula is C16H19Cl2NO4S. The minimum absolute atomic E-state index is 0.00574. The quantitative estimate of drug-likeness (QED) is 0.699. The van der Waals surface area contributed by atoms with Crippen molar-refractivity contribution in [3.63, 3.8) is 0 Å². The van der Waals surface area contributed by atoms with Gasteiger partial charge in [-0.3, -0.25) is 4.79 Å². The number of hydrogen-bond acceptors (Lipinski definition) is 4. The average Bonchev–Trinajstić information content (AvgIpc) is 2.88. The molecule has 1 heterocycles. The van der Waals surface area contributed by atoms with Crippen molar-refractivity contribution in [3.8, 4) is 0 Å². The molecule has 1 atom stereocenters. The van der Waals surface area contributed by atoms with Crippen LogP contribution in [-0.4, -0.2) is 57.0 Å². The summed E-state index contributed by atoms with van der Waals surface area (Å²) >= 11 is 12.0. The van der Waals surface area contributed by atoms with E-state index in [-0.39, 0.29) is 23.5 Å². The third-order valence-electron chi connectivity index (χ3n) is 3.83. The molecule has 1 aliphatic heterocycles. The van der Waals surface area contributed by atoms with E-state index in [9.17, 15) is 13.2 Å². The number of methoxy groups -OCH3 is 1.